The molecule has 1 saturated carbocycles. The number of thioether (sulfide) groups is 1. The molecule has 0 saturated heterocycles. The molecule has 76 valence electrons. The zero-order valence-corrected chi connectivity index (χ0v) is 8.81. The lowest BCUT2D eigenvalue weighted by Gasteiger charge is -2.11. The Labute approximate surface area is 84.1 Å². The number of carboxylic acid groups (broad SMARTS) is 1. The molecule has 0 spiro atoms. The predicted octanol–water partition coefficient (Wildman–Crippen LogP) is 2.92. The van der Waals surface area contributed by atoms with Crippen LogP contribution in [0.4, 0.5) is 0 Å². The van der Waals surface area contributed by atoms with Gasteiger partial charge in [-0.15, -0.1) is 0 Å². The number of carboxylic acids is 1. The first-order valence-corrected chi connectivity index (χ1v) is 6.17. The standard InChI is InChI=1S/C10H18O2S/c11-10(12)7-8-13-9-5-3-1-2-4-6-9/h9H,1-8H2,(H,11,12). The van der Waals surface area contributed by atoms with E-state index in [2.05, 4.69) is 0 Å². The van der Waals surface area contributed by atoms with Gasteiger partial charge in [0.1, 0.15) is 0 Å². The van der Waals surface area contributed by atoms with E-state index in [9.17, 15) is 4.79 Å². The molecule has 0 atom stereocenters. The summed E-state index contributed by atoms with van der Waals surface area (Å²) in [5.74, 6) is 0.126. The van der Waals surface area contributed by atoms with Crippen molar-refractivity contribution in [2.45, 2.75) is 50.2 Å². The number of aliphatic carboxylic acids is 1. The molecular weight excluding hydrogens is 184 g/mol. The molecule has 13 heavy (non-hydrogen) atoms. The molecule has 3 heteroatoms. The van der Waals surface area contributed by atoms with Crippen LogP contribution < -0.4 is 0 Å². The molecule has 0 bridgehead atoms. The maximum absolute atomic E-state index is 10.3. The Morgan fingerprint density at radius 2 is 1.85 bits per heavy atom. The van der Waals surface area contributed by atoms with Crippen LogP contribution in [0.3, 0.4) is 0 Å². The van der Waals surface area contributed by atoms with Gasteiger partial charge in [0, 0.05) is 11.0 Å². The van der Waals surface area contributed by atoms with E-state index in [0.29, 0.717) is 6.42 Å². The molecule has 0 unspecified atom stereocenters. The highest BCUT2D eigenvalue weighted by Gasteiger charge is 2.12. The predicted molar refractivity (Wildman–Crippen MR) is 56.2 cm³/mol. The van der Waals surface area contributed by atoms with Gasteiger partial charge in [-0.2, -0.15) is 11.8 Å². The molecule has 0 aliphatic heterocycles. The minimum Gasteiger partial charge on any atom is -0.481 e. The third-order valence-corrected chi connectivity index (χ3v) is 3.85. The molecule has 1 rings (SSSR count). The second-order valence-electron chi connectivity index (χ2n) is 3.63. The molecule has 0 aromatic rings. The smallest absolute Gasteiger partial charge is 0.304 e. The van der Waals surface area contributed by atoms with Crippen LogP contribution in [0.2, 0.25) is 0 Å². The summed E-state index contributed by atoms with van der Waals surface area (Å²) in [7, 11) is 0. The number of carbonyl (C=O) groups is 1. The Balaban J connectivity index is 2.08. The molecule has 0 aromatic carbocycles. The van der Waals surface area contributed by atoms with Crippen molar-refractivity contribution in [3.63, 3.8) is 0 Å². The zero-order chi connectivity index (χ0) is 9.52. The van der Waals surface area contributed by atoms with Crippen molar-refractivity contribution in [2.75, 3.05) is 5.75 Å². The molecule has 1 N–H and O–H groups in total. The summed E-state index contributed by atoms with van der Waals surface area (Å²) in [6.45, 7) is 0. The largest absolute Gasteiger partial charge is 0.481 e. The first-order valence-electron chi connectivity index (χ1n) is 5.12. The highest BCUT2D eigenvalue weighted by Crippen LogP contribution is 2.27. The van der Waals surface area contributed by atoms with Crippen molar-refractivity contribution in [3.8, 4) is 0 Å². The normalized spacial score (nSPS) is 19.7. The monoisotopic (exact) mass is 202 g/mol. The molecule has 0 radical (unpaired) electrons. The van der Waals surface area contributed by atoms with Gasteiger partial charge in [0.05, 0.1) is 6.42 Å². The Bertz CT molecular complexity index is 151. The van der Waals surface area contributed by atoms with Gasteiger partial charge in [0.25, 0.3) is 0 Å². The fourth-order valence-electron chi connectivity index (χ4n) is 1.72. The van der Waals surface area contributed by atoms with E-state index in [-0.39, 0.29) is 0 Å². The number of hydrogen-bond donors (Lipinski definition) is 1. The quantitative estimate of drug-likeness (QED) is 0.712. The lowest BCUT2D eigenvalue weighted by molar-refractivity contribution is -0.136. The SMILES string of the molecule is O=C(O)CCSC1CCCCCC1. The molecule has 1 fully saturated rings. The van der Waals surface area contributed by atoms with Crippen molar-refractivity contribution >= 4 is 17.7 Å². The van der Waals surface area contributed by atoms with Crippen LogP contribution in [-0.2, 0) is 4.79 Å². The summed E-state index contributed by atoms with van der Waals surface area (Å²) >= 11 is 1.86. The lowest BCUT2D eigenvalue weighted by atomic mass is 10.2. The molecule has 0 heterocycles. The van der Waals surface area contributed by atoms with Gasteiger partial charge >= 0.3 is 5.97 Å². The highest BCUT2D eigenvalue weighted by molar-refractivity contribution is 7.99. The zero-order valence-electron chi connectivity index (χ0n) is 8.00. The molecule has 0 aromatic heterocycles. The number of rotatable bonds is 4. The van der Waals surface area contributed by atoms with Crippen LogP contribution in [0.15, 0.2) is 0 Å². The Morgan fingerprint density at radius 1 is 1.23 bits per heavy atom. The fraction of sp³-hybridized carbons (Fsp3) is 0.900. The van der Waals surface area contributed by atoms with Crippen LogP contribution in [0.5, 0.6) is 0 Å². The summed E-state index contributed by atoms with van der Waals surface area (Å²) in [4.78, 5) is 10.3. The van der Waals surface area contributed by atoms with Crippen LogP contribution in [-0.4, -0.2) is 22.1 Å². The van der Waals surface area contributed by atoms with Gasteiger partial charge in [0.15, 0.2) is 0 Å². The van der Waals surface area contributed by atoms with Crippen LogP contribution in [0.1, 0.15) is 44.9 Å². The van der Waals surface area contributed by atoms with E-state index in [4.69, 9.17) is 5.11 Å². The summed E-state index contributed by atoms with van der Waals surface area (Å²) in [5.41, 5.74) is 0. The second kappa shape index (κ2) is 6.30. The second-order valence-corrected chi connectivity index (χ2v) is 5.04. The van der Waals surface area contributed by atoms with E-state index in [0.717, 1.165) is 11.0 Å². The van der Waals surface area contributed by atoms with Gasteiger partial charge in [0.2, 0.25) is 0 Å². The Hall–Kier alpha value is -0.180. The van der Waals surface area contributed by atoms with Crippen LogP contribution >= 0.6 is 11.8 Å². The molecule has 1 aliphatic rings. The Morgan fingerprint density at radius 3 is 2.38 bits per heavy atom. The van der Waals surface area contributed by atoms with E-state index in [1.165, 1.54) is 38.5 Å². The van der Waals surface area contributed by atoms with E-state index < -0.39 is 5.97 Å². The third-order valence-electron chi connectivity index (χ3n) is 2.47. The minimum atomic E-state index is -0.666. The first kappa shape index (κ1) is 10.9. The number of hydrogen-bond acceptors (Lipinski definition) is 2. The molecule has 2 nitrogen and oxygen atoms in total. The van der Waals surface area contributed by atoms with Crippen molar-refractivity contribution in [3.05, 3.63) is 0 Å². The summed E-state index contributed by atoms with van der Waals surface area (Å²) in [6, 6.07) is 0. The van der Waals surface area contributed by atoms with Crippen molar-refractivity contribution < 1.29 is 9.90 Å². The third kappa shape index (κ3) is 5.19. The van der Waals surface area contributed by atoms with Crippen LogP contribution in [0.25, 0.3) is 0 Å². The van der Waals surface area contributed by atoms with Gasteiger partial charge in [-0.25, -0.2) is 0 Å². The van der Waals surface area contributed by atoms with E-state index in [1.807, 2.05) is 11.8 Å². The maximum atomic E-state index is 10.3. The van der Waals surface area contributed by atoms with E-state index in [1.54, 1.807) is 0 Å². The average molecular weight is 202 g/mol. The fourth-order valence-corrected chi connectivity index (χ4v) is 3.01. The van der Waals surface area contributed by atoms with Crippen molar-refractivity contribution in [1.29, 1.82) is 0 Å². The van der Waals surface area contributed by atoms with Crippen LogP contribution in [0, 0.1) is 0 Å². The van der Waals surface area contributed by atoms with Gasteiger partial charge in [-0.1, -0.05) is 25.7 Å². The summed E-state index contributed by atoms with van der Waals surface area (Å²) in [6.07, 6.45) is 8.33. The van der Waals surface area contributed by atoms with Crippen molar-refractivity contribution in [1.82, 2.24) is 0 Å². The van der Waals surface area contributed by atoms with Crippen molar-refractivity contribution in [2.24, 2.45) is 0 Å². The lowest BCUT2D eigenvalue weighted by Crippen LogP contribution is -2.04. The Kier molecular flexibility index (Phi) is 5.28. The molecular formula is C10H18O2S. The molecule has 1 aliphatic carbocycles. The van der Waals surface area contributed by atoms with Gasteiger partial charge < -0.3 is 5.11 Å². The highest BCUT2D eigenvalue weighted by atomic mass is 32.2. The maximum Gasteiger partial charge on any atom is 0.304 e. The minimum absolute atomic E-state index is 0.321. The first-order chi connectivity index (χ1) is 6.29. The molecule has 0 amide bonds. The summed E-state index contributed by atoms with van der Waals surface area (Å²) < 4.78 is 0. The van der Waals surface area contributed by atoms with Gasteiger partial charge in [-0.05, 0) is 12.8 Å². The van der Waals surface area contributed by atoms with E-state index >= 15 is 0 Å². The summed E-state index contributed by atoms with van der Waals surface area (Å²) in [5, 5.41) is 9.22. The average Bonchev–Trinajstić information content (AvgIpc) is 2.32. The van der Waals surface area contributed by atoms with Gasteiger partial charge in [-0.3, -0.25) is 4.79 Å². The topological polar surface area (TPSA) is 37.3 Å².